The molecular weight excluding hydrogens is 254 g/mol. The largest absolute Gasteiger partial charge is 0.466 e. The molecule has 3 heteroatoms. The van der Waals surface area contributed by atoms with Crippen LogP contribution in [0.25, 0.3) is 0 Å². The van der Waals surface area contributed by atoms with Gasteiger partial charge in [0.05, 0.1) is 6.04 Å². The van der Waals surface area contributed by atoms with Gasteiger partial charge in [0.25, 0.3) is 0 Å². The molecule has 0 saturated carbocycles. The molecule has 0 aliphatic heterocycles. The lowest BCUT2D eigenvalue weighted by atomic mass is 10.0. The van der Waals surface area contributed by atoms with Gasteiger partial charge in [0.15, 0.2) is 0 Å². The molecule has 19 heavy (non-hydrogen) atoms. The van der Waals surface area contributed by atoms with Crippen LogP contribution in [0.2, 0.25) is 0 Å². The van der Waals surface area contributed by atoms with Crippen molar-refractivity contribution in [2.24, 2.45) is 0 Å². The molecule has 1 unspecified atom stereocenters. The van der Waals surface area contributed by atoms with Gasteiger partial charge in [0.1, 0.15) is 11.5 Å². The van der Waals surface area contributed by atoms with Crippen LogP contribution in [0.1, 0.15) is 51.8 Å². The van der Waals surface area contributed by atoms with E-state index in [0.717, 1.165) is 24.5 Å². The molecule has 2 rings (SSSR count). The third kappa shape index (κ3) is 3.10. The van der Waals surface area contributed by atoms with E-state index in [4.69, 9.17) is 4.42 Å². The minimum Gasteiger partial charge on any atom is -0.466 e. The Hall–Kier alpha value is -1.06. The van der Waals surface area contributed by atoms with Crippen molar-refractivity contribution in [2.45, 2.75) is 47.1 Å². The van der Waals surface area contributed by atoms with E-state index in [-0.39, 0.29) is 6.04 Å². The lowest BCUT2D eigenvalue weighted by Crippen LogP contribution is -2.22. The van der Waals surface area contributed by atoms with Crippen molar-refractivity contribution < 1.29 is 4.42 Å². The van der Waals surface area contributed by atoms with Crippen LogP contribution in [0.5, 0.6) is 0 Å². The lowest BCUT2D eigenvalue weighted by Gasteiger charge is -2.16. The van der Waals surface area contributed by atoms with Gasteiger partial charge in [-0.1, -0.05) is 6.92 Å². The summed E-state index contributed by atoms with van der Waals surface area (Å²) in [5.41, 5.74) is 2.65. The first kappa shape index (κ1) is 14.4. The Morgan fingerprint density at radius 1 is 1.21 bits per heavy atom. The number of rotatable bonds is 5. The summed E-state index contributed by atoms with van der Waals surface area (Å²) in [5, 5.41) is 3.65. The van der Waals surface area contributed by atoms with Crippen LogP contribution in [0.4, 0.5) is 0 Å². The highest BCUT2D eigenvalue weighted by molar-refractivity contribution is 7.12. The van der Waals surface area contributed by atoms with E-state index in [1.807, 2.05) is 18.3 Å². The van der Waals surface area contributed by atoms with Gasteiger partial charge in [-0.25, -0.2) is 0 Å². The summed E-state index contributed by atoms with van der Waals surface area (Å²) in [4.78, 5) is 2.78. The number of nitrogens with one attached hydrogen (secondary N) is 1. The number of hydrogen-bond acceptors (Lipinski definition) is 3. The second kappa shape index (κ2) is 5.93. The second-order valence-electron chi connectivity index (χ2n) is 5.14. The molecule has 0 spiro atoms. The first-order valence-electron chi connectivity index (χ1n) is 6.90. The average molecular weight is 277 g/mol. The van der Waals surface area contributed by atoms with E-state index in [1.54, 1.807) is 0 Å². The minimum absolute atomic E-state index is 0.259. The van der Waals surface area contributed by atoms with Crippen molar-refractivity contribution >= 4 is 11.3 Å². The number of furan rings is 1. The van der Waals surface area contributed by atoms with Crippen LogP contribution in [0.3, 0.4) is 0 Å². The predicted molar refractivity (Wildman–Crippen MR) is 82.1 cm³/mol. The standard InChI is InChI=1S/C16H23NOS/c1-6-7-17-16(14-9-11(3)18-12(14)4)15-8-10(2)13(5)19-15/h8-9,16-17H,6-7H2,1-5H3. The fourth-order valence-corrected chi connectivity index (χ4v) is 3.47. The molecule has 2 nitrogen and oxygen atoms in total. The fourth-order valence-electron chi connectivity index (χ4n) is 2.33. The highest BCUT2D eigenvalue weighted by atomic mass is 32.1. The summed E-state index contributed by atoms with van der Waals surface area (Å²) in [6.45, 7) is 11.6. The first-order chi connectivity index (χ1) is 9.02. The van der Waals surface area contributed by atoms with E-state index < -0.39 is 0 Å². The average Bonchev–Trinajstić information content (AvgIpc) is 2.84. The zero-order chi connectivity index (χ0) is 14.0. The summed E-state index contributed by atoms with van der Waals surface area (Å²) in [7, 11) is 0. The molecule has 1 N–H and O–H groups in total. The molecule has 0 aliphatic rings. The molecule has 0 amide bonds. The maximum absolute atomic E-state index is 5.70. The Morgan fingerprint density at radius 2 is 1.95 bits per heavy atom. The van der Waals surface area contributed by atoms with Gasteiger partial charge in [0.2, 0.25) is 0 Å². The summed E-state index contributed by atoms with van der Waals surface area (Å²) in [6, 6.07) is 4.72. The molecule has 0 aromatic carbocycles. The zero-order valence-corrected chi connectivity index (χ0v) is 13.3. The van der Waals surface area contributed by atoms with Crippen molar-refractivity contribution in [3.8, 4) is 0 Å². The Bertz CT molecular complexity index is 534. The van der Waals surface area contributed by atoms with Crippen LogP contribution < -0.4 is 5.32 Å². The molecule has 0 fully saturated rings. The Balaban J connectivity index is 2.38. The van der Waals surface area contributed by atoms with Gasteiger partial charge in [-0.2, -0.15) is 0 Å². The summed E-state index contributed by atoms with van der Waals surface area (Å²) in [6.07, 6.45) is 1.13. The normalized spacial score (nSPS) is 12.9. The van der Waals surface area contributed by atoms with E-state index in [0.29, 0.717) is 0 Å². The van der Waals surface area contributed by atoms with E-state index in [9.17, 15) is 0 Å². The molecule has 0 bridgehead atoms. The summed E-state index contributed by atoms with van der Waals surface area (Å²) >= 11 is 1.88. The van der Waals surface area contributed by atoms with Crippen molar-refractivity contribution in [2.75, 3.05) is 6.54 Å². The summed E-state index contributed by atoms with van der Waals surface area (Å²) in [5.74, 6) is 2.01. The van der Waals surface area contributed by atoms with E-state index in [1.165, 1.54) is 20.9 Å². The van der Waals surface area contributed by atoms with Crippen molar-refractivity contribution in [3.05, 3.63) is 44.5 Å². The van der Waals surface area contributed by atoms with Crippen molar-refractivity contribution in [1.82, 2.24) is 5.32 Å². The monoisotopic (exact) mass is 277 g/mol. The third-order valence-electron chi connectivity index (χ3n) is 3.46. The maximum atomic E-state index is 5.70. The molecule has 0 saturated heterocycles. The molecule has 2 heterocycles. The Labute approximate surface area is 119 Å². The van der Waals surface area contributed by atoms with Gasteiger partial charge >= 0.3 is 0 Å². The highest BCUT2D eigenvalue weighted by Gasteiger charge is 2.20. The van der Waals surface area contributed by atoms with Gasteiger partial charge in [-0.3, -0.25) is 0 Å². The van der Waals surface area contributed by atoms with Crippen LogP contribution >= 0.6 is 11.3 Å². The minimum atomic E-state index is 0.259. The molecule has 1 atom stereocenters. The van der Waals surface area contributed by atoms with Gasteiger partial charge in [0, 0.05) is 15.3 Å². The zero-order valence-electron chi connectivity index (χ0n) is 12.5. The Morgan fingerprint density at radius 3 is 2.42 bits per heavy atom. The van der Waals surface area contributed by atoms with Crippen LogP contribution in [0, 0.1) is 27.7 Å². The number of aryl methyl sites for hydroxylation is 4. The highest BCUT2D eigenvalue weighted by Crippen LogP contribution is 2.33. The van der Waals surface area contributed by atoms with Crippen molar-refractivity contribution in [3.63, 3.8) is 0 Å². The molecule has 0 aliphatic carbocycles. The lowest BCUT2D eigenvalue weighted by molar-refractivity contribution is 0.494. The topological polar surface area (TPSA) is 25.2 Å². The second-order valence-corrected chi connectivity index (χ2v) is 6.43. The number of thiophene rings is 1. The smallest absolute Gasteiger partial charge is 0.106 e. The first-order valence-corrected chi connectivity index (χ1v) is 7.71. The molecule has 2 aromatic heterocycles. The van der Waals surface area contributed by atoms with E-state index >= 15 is 0 Å². The molecule has 0 radical (unpaired) electrons. The summed E-state index contributed by atoms with van der Waals surface area (Å²) < 4.78 is 5.70. The Kier molecular flexibility index (Phi) is 4.48. The van der Waals surface area contributed by atoms with Gasteiger partial charge < -0.3 is 9.73 Å². The van der Waals surface area contributed by atoms with Crippen LogP contribution in [-0.4, -0.2) is 6.54 Å². The maximum Gasteiger partial charge on any atom is 0.106 e. The molecule has 104 valence electrons. The van der Waals surface area contributed by atoms with Gasteiger partial charge in [-0.15, -0.1) is 11.3 Å². The van der Waals surface area contributed by atoms with Crippen LogP contribution in [0.15, 0.2) is 16.5 Å². The quantitative estimate of drug-likeness (QED) is 0.859. The molecule has 2 aromatic rings. The molecular formula is C16H23NOS. The predicted octanol–water partition coefficient (Wildman–Crippen LogP) is 4.66. The van der Waals surface area contributed by atoms with Crippen molar-refractivity contribution in [1.29, 1.82) is 0 Å². The van der Waals surface area contributed by atoms with E-state index in [2.05, 4.69) is 45.1 Å². The van der Waals surface area contributed by atoms with Gasteiger partial charge in [-0.05, 0) is 58.4 Å². The number of hydrogen-bond donors (Lipinski definition) is 1. The third-order valence-corrected chi connectivity index (χ3v) is 4.68. The van der Waals surface area contributed by atoms with Crippen LogP contribution in [-0.2, 0) is 0 Å². The fraction of sp³-hybridized carbons (Fsp3) is 0.500. The SMILES string of the molecule is CCCNC(c1cc(C)c(C)s1)c1cc(C)oc1C.